The van der Waals surface area contributed by atoms with E-state index in [0.717, 1.165) is 33.2 Å². The van der Waals surface area contributed by atoms with E-state index in [1.807, 2.05) is 77.7 Å². The Kier molecular flexibility index (Phi) is 4.94. The number of rotatable bonds is 3. The molecule has 140 valence electrons. The molecule has 4 heteroatoms. The minimum atomic E-state index is 0.0218. The van der Waals surface area contributed by atoms with Gasteiger partial charge in [-0.25, -0.2) is 0 Å². The number of amides is 1. The van der Waals surface area contributed by atoms with Gasteiger partial charge in [0.2, 0.25) is 0 Å². The number of benzene rings is 3. The normalized spacial score (nSPS) is 15.2. The van der Waals surface area contributed by atoms with Gasteiger partial charge in [-0.15, -0.1) is 0 Å². The van der Waals surface area contributed by atoms with Crippen LogP contribution in [0.15, 0.2) is 89.1 Å². The Morgan fingerprint density at radius 2 is 1.68 bits per heavy atom. The first kappa shape index (κ1) is 18.0. The number of fused-ring (bicyclic) bond motifs is 1. The molecule has 4 rings (SSSR count). The first-order valence-corrected chi connectivity index (χ1v) is 9.46. The maximum atomic E-state index is 13.2. The maximum Gasteiger partial charge on any atom is 0.254 e. The zero-order valence-corrected chi connectivity index (χ0v) is 15.9. The van der Waals surface area contributed by atoms with Crippen molar-refractivity contribution in [2.24, 2.45) is 10.7 Å². The summed E-state index contributed by atoms with van der Waals surface area (Å²) in [5.41, 5.74) is 10.9. The fourth-order valence-electron chi connectivity index (χ4n) is 3.85. The van der Waals surface area contributed by atoms with Gasteiger partial charge >= 0.3 is 0 Å². The second-order valence-corrected chi connectivity index (χ2v) is 6.95. The molecule has 1 aliphatic heterocycles. The molecule has 28 heavy (non-hydrogen) atoms. The maximum absolute atomic E-state index is 13.2. The average Bonchev–Trinajstić information content (AvgIpc) is 2.75. The summed E-state index contributed by atoms with van der Waals surface area (Å²) in [4.78, 5) is 19.5. The van der Waals surface area contributed by atoms with E-state index < -0.39 is 0 Å². The lowest BCUT2D eigenvalue weighted by molar-refractivity contribution is 0.0766. The number of nitrogens with zero attached hydrogens (tertiary/aromatic N) is 2. The fraction of sp³-hybridized carbons (Fsp3) is 0.167. The number of hydrogen-bond acceptors (Lipinski definition) is 3. The molecule has 1 heterocycles. The number of hydrogen-bond donors (Lipinski definition) is 1. The molecule has 0 spiro atoms. The number of nitrogens with two attached hydrogens (primary N) is 1. The summed E-state index contributed by atoms with van der Waals surface area (Å²) in [6, 6.07) is 23.9. The second-order valence-electron chi connectivity index (χ2n) is 6.95. The van der Waals surface area contributed by atoms with Crippen molar-refractivity contribution in [1.82, 2.24) is 4.90 Å². The Morgan fingerprint density at radius 1 is 0.964 bits per heavy atom. The lowest BCUT2D eigenvalue weighted by Crippen LogP contribution is -2.40. The van der Waals surface area contributed by atoms with Crippen LogP contribution in [-0.4, -0.2) is 36.7 Å². The highest BCUT2D eigenvalue weighted by Gasteiger charge is 2.25. The van der Waals surface area contributed by atoms with E-state index in [9.17, 15) is 4.79 Å². The number of aliphatic imine (C=N–C) groups is 1. The molecular formula is C24H23N3O. The first-order valence-electron chi connectivity index (χ1n) is 9.46. The summed E-state index contributed by atoms with van der Waals surface area (Å²) in [6.45, 7) is 1.05. The van der Waals surface area contributed by atoms with E-state index in [0.29, 0.717) is 25.2 Å². The van der Waals surface area contributed by atoms with Crippen molar-refractivity contribution in [3.63, 3.8) is 0 Å². The molecule has 0 fully saturated rings. The van der Waals surface area contributed by atoms with Crippen LogP contribution in [0.25, 0.3) is 10.8 Å². The molecule has 3 aromatic rings. The van der Waals surface area contributed by atoms with E-state index in [1.165, 1.54) is 0 Å². The highest BCUT2D eigenvalue weighted by Crippen LogP contribution is 2.24. The van der Waals surface area contributed by atoms with Crippen LogP contribution in [0.5, 0.6) is 0 Å². The van der Waals surface area contributed by atoms with E-state index in [2.05, 4.69) is 4.99 Å². The van der Waals surface area contributed by atoms with E-state index in [-0.39, 0.29) is 5.91 Å². The van der Waals surface area contributed by atoms with Gasteiger partial charge in [0.05, 0.1) is 12.3 Å². The lowest BCUT2D eigenvalue weighted by atomic mass is 9.94. The van der Waals surface area contributed by atoms with Crippen molar-refractivity contribution in [1.29, 1.82) is 0 Å². The highest BCUT2D eigenvalue weighted by molar-refractivity contribution is 6.13. The van der Waals surface area contributed by atoms with Crippen LogP contribution >= 0.6 is 0 Å². The molecular weight excluding hydrogens is 346 g/mol. The molecule has 0 aliphatic carbocycles. The zero-order chi connectivity index (χ0) is 19.5. The van der Waals surface area contributed by atoms with E-state index >= 15 is 0 Å². The molecule has 3 aromatic carbocycles. The molecule has 0 saturated heterocycles. The smallest absolute Gasteiger partial charge is 0.254 e. The molecule has 0 radical (unpaired) electrons. The third kappa shape index (κ3) is 3.29. The minimum absolute atomic E-state index is 0.0218. The monoisotopic (exact) mass is 369 g/mol. The van der Waals surface area contributed by atoms with Crippen molar-refractivity contribution >= 4 is 22.4 Å². The molecule has 0 saturated carbocycles. The van der Waals surface area contributed by atoms with Crippen molar-refractivity contribution in [2.75, 3.05) is 20.1 Å². The Hall–Kier alpha value is -3.40. The lowest BCUT2D eigenvalue weighted by Gasteiger charge is -2.30. The van der Waals surface area contributed by atoms with Gasteiger partial charge in [0.1, 0.15) is 0 Å². The Morgan fingerprint density at radius 3 is 2.43 bits per heavy atom. The second kappa shape index (κ2) is 7.69. The molecule has 1 amide bonds. The van der Waals surface area contributed by atoms with Crippen molar-refractivity contribution in [3.8, 4) is 0 Å². The third-order valence-electron chi connectivity index (χ3n) is 5.24. The molecule has 2 N–H and O–H groups in total. The number of carbonyl (C=O) groups is 1. The summed E-state index contributed by atoms with van der Waals surface area (Å²) in [6.07, 6.45) is 0.698. The summed E-state index contributed by atoms with van der Waals surface area (Å²) < 4.78 is 0. The summed E-state index contributed by atoms with van der Waals surface area (Å²) in [5, 5.41) is 2.04. The van der Waals surface area contributed by atoms with Crippen LogP contribution in [0, 0.1) is 0 Å². The van der Waals surface area contributed by atoms with Crippen molar-refractivity contribution in [2.45, 2.75) is 6.42 Å². The molecule has 0 unspecified atom stereocenters. The molecule has 1 aliphatic rings. The van der Waals surface area contributed by atoms with Crippen LogP contribution in [0.1, 0.15) is 22.3 Å². The van der Waals surface area contributed by atoms with Gasteiger partial charge in [-0.05, 0) is 28.8 Å². The standard InChI is InChI=1S/C24H23N3O/c1-26-23(18-9-3-2-4-10-18)21-14-15-27(16-22(21)25)24(28)20-13-7-11-17-8-5-6-12-19(17)20/h2-13H,14-16,25H2,1H3. The summed E-state index contributed by atoms with van der Waals surface area (Å²) in [7, 11) is 1.79. The Bertz CT molecular complexity index is 1080. The Balaban J connectivity index is 1.62. The first-order chi connectivity index (χ1) is 13.7. The molecule has 0 aromatic heterocycles. The minimum Gasteiger partial charge on any atom is -0.400 e. The van der Waals surface area contributed by atoms with Crippen LogP contribution < -0.4 is 5.73 Å². The van der Waals surface area contributed by atoms with Gasteiger partial charge in [-0.3, -0.25) is 9.79 Å². The molecule has 0 atom stereocenters. The van der Waals surface area contributed by atoms with Crippen molar-refractivity contribution < 1.29 is 4.79 Å². The third-order valence-corrected chi connectivity index (χ3v) is 5.24. The van der Waals surface area contributed by atoms with Crippen molar-refractivity contribution in [3.05, 3.63) is 95.2 Å². The topological polar surface area (TPSA) is 58.7 Å². The van der Waals surface area contributed by atoms with Crippen LogP contribution in [-0.2, 0) is 0 Å². The van der Waals surface area contributed by atoms with Gasteiger partial charge in [0.15, 0.2) is 0 Å². The van der Waals surface area contributed by atoms with Gasteiger partial charge < -0.3 is 10.6 Å². The predicted molar refractivity (Wildman–Crippen MR) is 115 cm³/mol. The quantitative estimate of drug-likeness (QED) is 0.709. The molecule has 0 bridgehead atoms. The van der Waals surface area contributed by atoms with E-state index in [4.69, 9.17) is 5.73 Å². The van der Waals surface area contributed by atoms with Gasteiger partial charge in [0, 0.05) is 30.4 Å². The van der Waals surface area contributed by atoms with E-state index in [1.54, 1.807) is 7.05 Å². The molecule has 4 nitrogen and oxygen atoms in total. The van der Waals surface area contributed by atoms with Crippen LogP contribution in [0.2, 0.25) is 0 Å². The van der Waals surface area contributed by atoms with Gasteiger partial charge in [-0.1, -0.05) is 66.7 Å². The SMILES string of the molecule is CN=C(C1=C(N)CN(C(=O)c2cccc3ccccc23)CC1)c1ccccc1. The Labute approximate surface area is 165 Å². The van der Waals surface area contributed by atoms with Gasteiger partial charge in [0.25, 0.3) is 5.91 Å². The summed E-state index contributed by atoms with van der Waals surface area (Å²) in [5.74, 6) is 0.0218. The van der Waals surface area contributed by atoms with Crippen LogP contribution in [0.4, 0.5) is 0 Å². The van der Waals surface area contributed by atoms with Crippen LogP contribution in [0.3, 0.4) is 0 Å². The highest BCUT2D eigenvalue weighted by atomic mass is 16.2. The summed E-state index contributed by atoms with van der Waals surface area (Å²) >= 11 is 0. The average molecular weight is 369 g/mol. The number of carbonyl (C=O) groups excluding carboxylic acids is 1. The predicted octanol–water partition coefficient (Wildman–Crippen LogP) is 4.02. The largest absolute Gasteiger partial charge is 0.400 e. The fourth-order valence-corrected chi connectivity index (χ4v) is 3.85. The zero-order valence-electron chi connectivity index (χ0n) is 15.9. The van der Waals surface area contributed by atoms with Gasteiger partial charge in [-0.2, -0.15) is 0 Å².